The van der Waals surface area contributed by atoms with Crippen LogP contribution in [0, 0.1) is 12.5 Å². The molecule has 1 atom stereocenters. The van der Waals surface area contributed by atoms with Crippen molar-refractivity contribution in [1.82, 2.24) is 4.90 Å². The van der Waals surface area contributed by atoms with Gasteiger partial charge in [-0.25, -0.2) is 0 Å². The fraction of sp³-hybridized carbons (Fsp3) is 0.571. The van der Waals surface area contributed by atoms with E-state index in [1.165, 1.54) is 0 Å². The Labute approximate surface area is 55.6 Å². The smallest absolute Gasteiger partial charge is 0.0691 e. The summed E-state index contributed by atoms with van der Waals surface area (Å²) in [6.07, 6.45) is 6.23. The van der Waals surface area contributed by atoms with E-state index < -0.39 is 0 Å². The van der Waals surface area contributed by atoms with Crippen molar-refractivity contribution in [3.8, 4) is 12.5 Å². The van der Waals surface area contributed by atoms with E-state index >= 15 is 0 Å². The Kier molecular flexibility index (Phi) is 1.74. The maximum atomic E-state index is 5.16. The van der Waals surface area contributed by atoms with Gasteiger partial charge < -0.3 is 4.90 Å². The number of aliphatic imine (C=N–C) groups is 1. The van der Waals surface area contributed by atoms with Gasteiger partial charge in [0.1, 0.15) is 0 Å². The molecule has 2 nitrogen and oxygen atoms in total. The second-order valence-corrected chi connectivity index (χ2v) is 2.20. The van der Waals surface area contributed by atoms with Crippen molar-refractivity contribution in [2.24, 2.45) is 4.99 Å². The Morgan fingerprint density at radius 3 is 2.89 bits per heavy atom. The third-order valence-corrected chi connectivity index (χ3v) is 1.60. The van der Waals surface area contributed by atoms with Crippen molar-refractivity contribution >= 4 is 6.72 Å². The molecule has 1 aliphatic rings. The normalized spacial score (nSPS) is 25.7. The monoisotopic (exact) mass is 122 g/mol. The molecule has 0 spiro atoms. The molecule has 0 aliphatic carbocycles. The van der Waals surface area contributed by atoms with Crippen molar-refractivity contribution < 1.29 is 0 Å². The average Bonchev–Trinajstić information content (AvgIpc) is 2.34. The van der Waals surface area contributed by atoms with Gasteiger partial charge in [0.2, 0.25) is 0 Å². The van der Waals surface area contributed by atoms with Crippen LogP contribution < -0.4 is 0 Å². The van der Waals surface area contributed by atoms with Crippen molar-refractivity contribution in [1.29, 1.82) is 0 Å². The lowest BCUT2D eigenvalue weighted by Crippen LogP contribution is -2.14. The maximum Gasteiger partial charge on any atom is 0.0691 e. The molecular weight excluding hydrogens is 112 g/mol. The molecule has 1 fully saturated rings. The van der Waals surface area contributed by atoms with E-state index in [1.807, 2.05) is 4.90 Å². The number of hydrogen-bond donors (Lipinski definition) is 0. The quantitative estimate of drug-likeness (QED) is 0.362. The summed E-state index contributed by atoms with van der Waals surface area (Å²) in [5.41, 5.74) is 0. The summed E-state index contributed by atoms with van der Waals surface area (Å²) < 4.78 is 0. The highest BCUT2D eigenvalue weighted by atomic mass is 15.1. The Bertz CT molecular complexity index is 145. The van der Waals surface area contributed by atoms with E-state index in [0.717, 1.165) is 19.5 Å². The topological polar surface area (TPSA) is 15.6 Å². The largest absolute Gasteiger partial charge is 0.331 e. The average molecular weight is 122 g/mol. The molecule has 1 saturated heterocycles. The minimum absolute atomic E-state index is 0.376. The van der Waals surface area contributed by atoms with Crippen LogP contribution in [0.15, 0.2) is 4.99 Å². The first-order valence-electron chi connectivity index (χ1n) is 3.04. The van der Waals surface area contributed by atoms with Crippen LogP contribution in [0.5, 0.6) is 0 Å². The summed E-state index contributed by atoms with van der Waals surface area (Å²) in [6.45, 7) is 5.33. The predicted molar refractivity (Wildman–Crippen MR) is 38.4 cm³/mol. The highest BCUT2D eigenvalue weighted by molar-refractivity contribution is 5.24. The van der Waals surface area contributed by atoms with E-state index in [1.54, 1.807) is 0 Å². The standard InChI is InChI=1S/C7H10N2/c1-3-9-5-4-7(6-9)8-2/h1,7H,2,4-6H2. The fourth-order valence-electron chi connectivity index (χ4n) is 1.01. The van der Waals surface area contributed by atoms with Crippen LogP contribution in [0.25, 0.3) is 0 Å². The van der Waals surface area contributed by atoms with Gasteiger partial charge in [-0.05, 0) is 13.1 Å². The summed E-state index contributed by atoms with van der Waals surface area (Å²) in [6, 6.07) is 2.95. The van der Waals surface area contributed by atoms with Gasteiger partial charge in [0, 0.05) is 19.1 Å². The van der Waals surface area contributed by atoms with Gasteiger partial charge in [-0.15, -0.1) is 0 Å². The number of nitrogens with zero attached hydrogens (tertiary/aromatic N) is 2. The molecule has 9 heavy (non-hydrogen) atoms. The Balaban J connectivity index is 2.39. The van der Waals surface area contributed by atoms with E-state index in [0.29, 0.717) is 6.04 Å². The van der Waals surface area contributed by atoms with Gasteiger partial charge in [0.15, 0.2) is 0 Å². The third kappa shape index (κ3) is 1.23. The van der Waals surface area contributed by atoms with Gasteiger partial charge >= 0.3 is 0 Å². The van der Waals surface area contributed by atoms with Crippen molar-refractivity contribution in [3.63, 3.8) is 0 Å². The molecule has 0 bridgehead atoms. The molecule has 1 aliphatic heterocycles. The van der Waals surface area contributed by atoms with Crippen LogP contribution in [0.3, 0.4) is 0 Å². The predicted octanol–water partition coefficient (Wildman–Crippen LogP) is 0.352. The SMILES string of the molecule is C#CN1CCC(N=C)C1. The summed E-state index contributed by atoms with van der Waals surface area (Å²) in [4.78, 5) is 5.83. The zero-order valence-electron chi connectivity index (χ0n) is 5.38. The second-order valence-electron chi connectivity index (χ2n) is 2.20. The number of hydrogen-bond acceptors (Lipinski definition) is 2. The molecule has 0 saturated carbocycles. The van der Waals surface area contributed by atoms with E-state index in [-0.39, 0.29) is 0 Å². The zero-order valence-corrected chi connectivity index (χ0v) is 5.38. The molecule has 0 aromatic rings. The first kappa shape index (κ1) is 6.15. The number of rotatable bonds is 1. The van der Waals surface area contributed by atoms with Crippen LogP contribution in [-0.2, 0) is 0 Å². The molecule has 48 valence electrons. The van der Waals surface area contributed by atoms with Crippen molar-refractivity contribution in [2.75, 3.05) is 13.1 Å². The molecule has 0 aromatic heterocycles. The minimum Gasteiger partial charge on any atom is -0.331 e. The van der Waals surface area contributed by atoms with Gasteiger partial charge in [-0.2, -0.15) is 0 Å². The first-order chi connectivity index (χ1) is 4.36. The molecule has 2 heteroatoms. The Hall–Kier alpha value is -0.970. The Morgan fingerprint density at radius 2 is 2.56 bits per heavy atom. The molecule has 1 heterocycles. The van der Waals surface area contributed by atoms with E-state index in [9.17, 15) is 0 Å². The van der Waals surface area contributed by atoms with Crippen LogP contribution >= 0.6 is 0 Å². The number of terminal acetylenes is 1. The van der Waals surface area contributed by atoms with Gasteiger partial charge in [-0.1, -0.05) is 6.42 Å². The highest BCUT2D eigenvalue weighted by Crippen LogP contribution is 2.09. The lowest BCUT2D eigenvalue weighted by Gasteiger charge is -2.05. The molecule has 0 aromatic carbocycles. The third-order valence-electron chi connectivity index (χ3n) is 1.60. The second kappa shape index (κ2) is 2.54. The molecule has 0 amide bonds. The molecular formula is C7H10N2. The minimum atomic E-state index is 0.376. The summed E-state index contributed by atoms with van der Waals surface area (Å²) in [7, 11) is 0. The molecule has 1 rings (SSSR count). The van der Waals surface area contributed by atoms with Crippen LogP contribution in [0.1, 0.15) is 6.42 Å². The fourth-order valence-corrected chi connectivity index (χ4v) is 1.01. The zero-order chi connectivity index (χ0) is 6.69. The van der Waals surface area contributed by atoms with Crippen molar-refractivity contribution in [2.45, 2.75) is 12.5 Å². The Morgan fingerprint density at radius 1 is 1.78 bits per heavy atom. The highest BCUT2D eigenvalue weighted by Gasteiger charge is 2.17. The maximum absolute atomic E-state index is 5.16. The molecule has 0 N–H and O–H groups in total. The lowest BCUT2D eigenvalue weighted by atomic mass is 10.3. The van der Waals surface area contributed by atoms with Gasteiger partial charge in [0.25, 0.3) is 0 Å². The van der Waals surface area contributed by atoms with Crippen LogP contribution in [0.2, 0.25) is 0 Å². The van der Waals surface area contributed by atoms with E-state index in [2.05, 4.69) is 17.8 Å². The van der Waals surface area contributed by atoms with E-state index in [4.69, 9.17) is 6.42 Å². The van der Waals surface area contributed by atoms with Gasteiger partial charge in [-0.3, -0.25) is 4.99 Å². The summed E-state index contributed by atoms with van der Waals surface area (Å²) in [5.74, 6) is 0. The van der Waals surface area contributed by atoms with Crippen molar-refractivity contribution in [3.05, 3.63) is 0 Å². The lowest BCUT2D eigenvalue weighted by molar-refractivity contribution is 0.488. The first-order valence-corrected chi connectivity index (χ1v) is 3.04. The van der Waals surface area contributed by atoms with Crippen LogP contribution in [0.4, 0.5) is 0 Å². The molecule has 1 unspecified atom stereocenters. The molecule has 0 radical (unpaired) electrons. The summed E-state index contributed by atoms with van der Waals surface area (Å²) in [5, 5.41) is 0. The van der Waals surface area contributed by atoms with Crippen LogP contribution in [-0.4, -0.2) is 30.7 Å². The summed E-state index contributed by atoms with van der Waals surface area (Å²) >= 11 is 0. The number of likely N-dealkylation sites (tertiary alicyclic amines) is 1. The van der Waals surface area contributed by atoms with Gasteiger partial charge in [0.05, 0.1) is 6.04 Å².